The SMILES string of the molecule is CC(O)CC(C)NC1CCN2CCCC12. The van der Waals surface area contributed by atoms with Gasteiger partial charge < -0.3 is 10.4 Å². The van der Waals surface area contributed by atoms with Crippen molar-refractivity contribution in [3.63, 3.8) is 0 Å². The highest BCUT2D eigenvalue weighted by atomic mass is 16.3. The summed E-state index contributed by atoms with van der Waals surface area (Å²) >= 11 is 0. The second-order valence-corrected chi connectivity index (χ2v) is 5.29. The van der Waals surface area contributed by atoms with Crippen LogP contribution in [0.1, 0.15) is 39.5 Å². The zero-order valence-electron chi connectivity index (χ0n) is 9.95. The summed E-state index contributed by atoms with van der Waals surface area (Å²) in [5, 5.41) is 13.0. The van der Waals surface area contributed by atoms with Gasteiger partial charge in [0.2, 0.25) is 0 Å². The quantitative estimate of drug-likeness (QED) is 0.729. The Kier molecular flexibility index (Phi) is 3.65. The molecule has 0 aromatic carbocycles. The van der Waals surface area contributed by atoms with Crippen LogP contribution in [0.3, 0.4) is 0 Å². The molecule has 0 aliphatic carbocycles. The first-order valence-electron chi connectivity index (χ1n) is 6.35. The Morgan fingerprint density at radius 3 is 2.87 bits per heavy atom. The summed E-state index contributed by atoms with van der Waals surface area (Å²) in [6.45, 7) is 6.62. The molecule has 2 aliphatic rings. The Labute approximate surface area is 92.8 Å². The lowest BCUT2D eigenvalue weighted by Gasteiger charge is -2.25. The zero-order chi connectivity index (χ0) is 10.8. The molecule has 0 saturated carbocycles. The van der Waals surface area contributed by atoms with Crippen LogP contribution in [0.4, 0.5) is 0 Å². The maximum atomic E-state index is 9.33. The highest BCUT2D eigenvalue weighted by molar-refractivity contribution is 4.96. The van der Waals surface area contributed by atoms with Crippen LogP contribution < -0.4 is 5.32 Å². The normalized spacial score (nSPS) is 35.4. The molecule has 15 heavy (non-hydrogen) atoms. The van der Waals surface area contributed by atoms with E-state index in [1.807, 2.05) is 6.92 Å². The highest BCUT2D eigenvalue weighted by Gasteiger charge is 2.37. The van der Waals surface area contributed by atoms with Crippen molar-refractivity contribution in [2.45, 2.75) is 63.8 Å². The summed E-state index contributed by atoms with van der Waals surface area (Å²) in [6.07, 6.45) is 4.69. The topological polar surface area (TPSA) is 35.5 Å². The van der Waals surface area contributed by atoms with Crippen LogP contribution in [0, 0.1) is 0 Å². The Bertz CT molecular complexity index is 208. The molecule has 0 amide bonds. The van der Waals surface area contributed by atoms with Crippen molar-refractivity contribution < 1.29 is 5.11 Å². The van der Waals surface area contributed by atoms with Crippen LogP contribution in [0.25, 0.3) is 0 Å². The molecular weight excluding hydrogens is 188 g/mol. The monoisotopic (exact) mass is 212 g/mol. The first-order valence-corrected chi connectivity index (χ1v) is 6.35. The Balaban J connectivity index is 1.79. The number of nitrogens with one attached hydrogen (secondary N) is 1. The summed E-state index contributed by atoms with van der Waals surface area (Å²) < 4.78 is 0. The van der Waals surface area contributed by atoms with E-state index in [0.29, 0.717) is 12.1 Å². The van der Waals surface area contributed by atoms with E-state index in [0.717, 1.165) is 12.5 Å². The van der Waals surface area contributed by atoms with E-state index in [2.05, 4.69) is 17.1 Å². The van der Waals surface area contributed by atoms with Crippen molar-refractivity contribution in [3.05, 3.63) is 0 Å². The molecule has 2 heterocycles. The third kappa shape index (κ3) is 2.71. The zero-order valence-corrected chi connectivity index (χ0v) is 9.95. The minimum absolute atomic E-state index is 0.186. The standard InChI is InChI=1S/C12H24N2O/c1-9(8-10(2)15)13-11-5-7-14-6-3-4-12(11)14/h9-13,15H,3-8H2,1-2H3. The van der Waals surface area contributed by atoms with Crippen molar-refractivity contribution in [2.75, 3.05) is 13.1 Å². The van der Waals surface area contributed by atoms with E-state index < -0.39 is 0 Å². The van der Waals surface area contributed by atoms with Gasteiger partial charge in [-0.2, -0.15) is 0 Å². The minimum Gasteiger partial charge on any atom is -0.393 e. The number of aliphatic hydroxyl groups is 1. The van der Waals surface area contributed by atoms with Crippen molar-refractivity contribution in [1.29, 1.82) is 0 Å². The first kappa shape index (κ1) is 11.4. The fourth-order valence-electron chi connectivity index (χ4n) is 3.22. The maximum Gasteiger partial charge on any atom is 0.0526 e. The van der Waals surface area contributed by atoms with E-state index in [1.54, 1.807) is 0 Å². The van der Waals surface area contributed by atoms with Crippen LogP contribution in [0.5, 0.6) is 0 Å². The molecule has 0 spiro atoms. The number of hydrogen-bond acceptors (Lipinski definition) is 3. The number of rotatable bonds is 4. The lowest BCUT2D eigenvalue weighted by atomic mass is 10.0. The van der Waals surface area contributed by atoms with E-state index in [1.165, 1.54) is 32.4 Å². The van der Waals surface area contributed by atoms with Crippen molar-refractivity contribution in [2.24, 2.45) is 0 Å². The van der Waals surface area contributed by atoms with Gasteiger partial charge in [0.05, 0.1) is 6.10 Å². The minimum atomic E-state index is -0.186. The summed E-state index contributed by atoms with van der Waals surface area (Å²) in [4.78, 5) is 2.62. The third-order valence-corrected chi connectivity index (χ3v) is 3.80. The largest absolute Gasteiger partial charge is 0.393 e. The number of hydrogen-bond donors (Lipinski definition) is 2. The highest BCUT2D eigenvalue weighted by Crippen LogP contribution is 2.28. The molecule has 2 rings (SSSR count). The summed E-state index contributed by atoms with van der Waals surface area (Å²) in [7, 11) is 0. The fraction of sp³-hybridized carbons (Fsp3) is 1.00. The Morgan fingerprint density at radius 1 is 1.33 bits per heavy atom. The second kappa shape index (κ2) is 4.81. The number of fused-ring (bicyclic) bond motifs is 1. The summed E-state index contributed by atoms with van der Waals surface area (Å²) in [6, 6.07) is 1.89. The summed E-state index contributed by atoms with van der Waals surface area (Å²) in [5.74, 6) is 0. The Hall–Kier alpha value is -0.120. The van der Waals surface area contributed by atoms with Gasteiger partial charge in [0, 0.05) is 24.7 Å². The molecule has 2 aliphatic heterocycles. The number of aliphatic hydroxyl groups excluding tert-OH is 1. The molecule has 2 saturated heterocycles. The molecule has 4 atom stereocenters. The third-order valence-electron chi connectivity index (χ3n) is 3.80. The molecule has 0 radical (unpaired) electrons. The van der Waals surface area contributed by atoms with Gasteiger partial charge >= 0.3 is 0 Å². The van der Waals surface area contributed by atoms with Gasteiger partial charge in [-0.25, -0.2) is 0 Å². The average Bonchev–Trinajstić information content (AvgIpc) is 2.68. The van der Waals surface area contributed by atoms with Crippen LogP contribution in [0.2, 0.25) is 0 Å². The predicted molar refractivity (Wildman–Crippen MR) is 61.9 cm³/mol. The fourth-order valence-corrected chi connectivity index (χ4v) is 3.22. The number of nitrogens with zero attached hydrogens (tertiary/aromatic N) is 1. The molecule has 4 unspecified atom stereocenters. The molecular formula is C12H24N2O. The predicted octanol–water partition coefficient (Wildman–Crippen LogP) is 0.972. The van der Waals surface area contributed by atoms with Gasteiger partial charge in [0.15, 0.2) is 0 Å². The van der Waals surface area contributed by atoms with E-state index in [9.17, 15) is 5.11 Å². The van der Waals surface area contributed by atoms with Crippen molar-refractivity contribution >= 4 is 0 Å². The van der Waals surface area contributed by atoms with Gasteiger partial charge in [0.25, 0.3) is 0 Å². The second-order valence-electron chi connectivity index (χ2n) is 5.29. The maximum absolute atomic E-state index is 9.33. The van der Waals surface area contributed by atoms with Gasteiger partial charge in [-0.05, 0) is 46.1 Å². The van der Waals surface area contributed by atoms with Crippen LogP contribution >= 0.6 is 0 Å². The van der Waals surface area contributed by atoms with Gasteiger partial charge in [-0.15, -0.1) is 0 Å². The van der Waals surface area contributed by atoms with Gasteiger partial charge in [-0.3, -0.25) is 4.90 Å². The van der Waals surface area contributed by atoms with E-state index in [4.69, 9.17) is 0 Å². The molecule has 0 aromatic rings. The average molecular weight is 212 g/mol. The van der Waals surface area contributed by atoms with Crippen LogP contribution in [0.15, 0.2) is 0 Å². The van der Waals surface area contributed by atoms with Crippen molar-refractivity contribution in [1.82, 2.24) is 10.2 Å². The lowest BCUT2D eigenvalue weighted by Crippen LogP contribution is -2.44. The molecule has 3 nitrogen and oxygen atoms in total. The van der Waals surface area contributed by atoms with Crippen LogP contribution in [-0.4, -0.2) is 47.3 Å². The first-order chi connectivity index (χ1) is 7.16. The van der Waals surface area contributed by atoms with Crippen LogP contribution in [-0.2, 0) is 0 Å². The molecule has 88 valence electrons. The molecule has 0 bridgehead atoms. The smallest absolute Gasteiger partial charge is 0.0526 e. The van der Waals surface area contributed by atoms with Gasteiger partial charge in [-0.1, -0.05) is 0 Å². The lowest BCUT2D eigenvalue weighted by molar-refractivity contribution is 0.165. The van der Waals surface area contributed by atoms with Gasteiger partial charge in [0.1, 0.15) is 0 Å². The van der Waals surface area contributed by atoms with E-state index >= 15 is 0 Å². The molecule has 0 aromatic heterocycles. The van der Waals surface area contributed by atoms with Crippen molar-refractivity contribution in [3.8, 4) is 0 Å². The Morgan fingerprint density at radius 2 is 2.13 bits per heavy atom. The van der Waals surface area contributed by atoms with E-state index in [-0.39, 0.29) is 6.10 Å². The molecule has 2 N–H and O–H groups in total. The molecule has 3 heteroatoms. The molecule has 2 fully saturated rings. The summed E-state index contributed by atoms with van der Waals surface area (Å²) in [5.41, 5.74) is 0.